The van der Waals surface area contributed by atoms with Crippen molar-refractivity contribution in [1.82, 2.24) is 4.57 Å². The molecule has 0 saturated carbocycles. The van der Waals surface area contributed by atoms with Crippen LogP contribution in [0.4, 0.5) is 0 Å². The highest BCUT2D eigenvalue weighted by molar-refractivity contribution is 7.07. The molecule has 2 aromatic rings. The van der Waals surface area contributed by atoms with E-state index in [0.717, 1.165) is 17.7 Å². The summed E-state index contributed by atoms with van der Waals surface area (Å²) in [6.07, 6.45) is 2.69. The zero-order chi connectivity index (χ0) is 15.7. The quantitative estimate of drug-likeness (QED) is 0.872. The monoisotopic (exact) mass is 318 g/mol. The van der Waals surface area contributed by atoms with Crippen molar-refractivity contribution < 1.29 is 14.3 Å². The Bertz CT molecular complexity index is 774. The van der Waals surface area contributed by atoms with Crippen LogP contribution in [0.2, 0.25) is 0 Å². The van der Waals surface area contributed by atoms with Crippen LogP contribution < -0.4 is 14.3 Å². The van der Waals surface area contributed by atoms with Crippen LogP contribution in [0.3, 0.4) is 0 Å². The Labute approximate surface area is 132 Å². The van der Waals surface area contributed by atoms with Crippen LogP contribution in [0.15, 0.2) is 34.8 Å². The minimum atomic E-state index is -0.312. The Morgan fingerprint density at radius 1 is 1.50 bits per heavy atom. The largest absolute Gasteiger partial charge is 0.483 e. The Morgan fingerprint density at radius 3 is 3.05 bits per heavy atom. The fraction of sp³-hybridized carbons (Fsp3) is 0.375. The lowest BCUT2D eigenvalue weighted by molar-refractivity contribution is -0.120. The molecule has 1 aromatic heterocycles. The first-order chi connectivity index (χ1) is 10.4. The molecule has 116 valence electrons. The summed E-state index contributed by atoms with van der Waals surface area (Å²) in [6.45, 7) is 3.97. The van der Waals surface area contributed by atoms with E-state index in [1.807, 2.05) is 50.7 Å². The van der Waals surface area contributed by atoms with Gasteiger partial charge in [-0.2, -0.15) is 4.99 Å². The molecular formula is C16H18N2O3S. The first kappa shape index (κ1) is 14.8. The molecule has 0 spiro atoms. The van der Waals surface area contributed by atoms with E-state index in [9.17, 15) is 4.79 Å². The van der Waals surface area contributed by atoms with Gasteiger partial charge in [-0.3, -0.25) is 4.79 Å². The van der Waals surface area contributed by atoms with Crippen LogP contribution in [0.1, 0.15) is 19.4 Å². The minimum absolute atomic E-state index is 0.0991. The number of para-hydroxylation sites is 1. The number of hydrogen-bond donors (Lipinski definition) is 0. The van der Waals surface area contributed by atoms with Crippen molar-refractivity contribution in [3.8, 4) is 11.5 Å². The summed E-state index contributed by atoms with van der Waals surface area (Å²) in [6, 6.07) is 5.76. The lowest BCUT2D eigenvalue weighted by Crippen LogP contribution is -2.24. The number of fused-ring (bicyclic) bond motifs is 1. The number of thiazole rings is 1. The van der Waals surface area contributed by atoms with Crippen molar-refractivity contribution in [3.05, 3.63) is 40.1 Å². The molecule has 0 saturated heterocycles. The summed E-state index contributed by atoms with van der Waals surface area (Å²) in [4.78, 5) is 16.6. The van der Waals surface area contributed by atoms with Gasteiger partial charge in [0.15, 0.2) is 22.9 Å². The maximum Gasteiger partial charge on any atom is 0.286 e. The van der Waals surface area contributed by atoms with E-state index >= 15 is 0 Å². The lowest BCUT2D eigenvalue weighted by atomic mass is 10.0. The van der Waals surface area contributed by atoms with Gasteiger partial charge < -0.3 is 14.0 Å². The number of aryl methyl sites for hydroxylation is 1. The average molecular weight is 318 g/mol. The summed E-state index contributed by atoms with van der Waals surface area (Å²) in [5.41, 5.74) is 0.873. The smallest absolute Gasteiger partial charge is 0.286 e. The predicted molar refractivity (Wildman–Crippen MR) is 84.2 cm³/mol. The number of amides is 1. The Morgan fingerprint density at radius 2 is 2.32 bits per heavy atom. The van der Waals surface area contributed by atoms with E-state index in [1.54, 1.807) is 4.57 Å². The van der Waals surface area contributed by atoms with Crippen molar-refractivity contribution >= 4 is 17.2 Å². The third-order valence-electron chi connectivity index (χ3n) is 3.39. The standard InChI is InChI=1S/C16H18N2O3S/c1-16(2)9-11-5-4-6-12(14(11)21-16)20-10-13(19)17-15-18(3)7-8-22-15/h4-8H,9-10H2,1-3H3. The van der Waals surface area contributed by atoms with E-state index in [4.69, 9.17) is 9.47 Å². The number of benzene rings is 1. The molecule has 0 radical (unpaired) electrons. The van der Waals surface area contributed by atoms with Gasteiger partial charge in [0.25, 0.3) is 5.91 Å². The molecule has 6 heteroatoms. The third-order valence-corrected chi connectivity index (χ3v) is 4.23. The van der Waals surface area contributed by atoms with Gasteiger partial charge in [-0.15, -0.1) is 11.3 Å². The molecule has 1 aromatic carbocycles. The first-order valence-corrected chi connectivity index (χ1v) is 7.94. The second-order valence-electron chi connectivity index (χ2n) is 5.87. The SMILES string of the molecule is Cn1ccsc1=NC(=O)COc1cccc2c1OC(C)(C)C2. The zero-order valence-electron chi connectivity index (χ0n) is 12.8. The van der Waals surface area contributed by atoms with Gasteiger partial charge in [-0.1, -0.05) is 12.1 Å². The van der Waals surface area contributed by atoms with E-state index in [1.165, 1.54) is 11.3 Å². The van der Waals surface area contributed by atoms with Crippen molar-refractivity contribution in [2.75, 3.05) is 6.61 Å². The van der Waals surface area contributed by atoms with Gasteiger partial charge in [-0.05, 0) is 19.9 Å². The van der Waals surface area contributed by atoms with E-state index < -0.39 is 0 Å². The maximum atomic E-state index is 11.9. The number of nitrogens with zero attached hydrogens (tertiary/aromatic N) is 2. The minimum Gasteiger partial charge on any atom is -0.483 e. The van der Waals surface area contributed by atoms with Crippen LogP contribution in [0.25, 0.3) is 0 Å². The zero-order valence-corrected chi connectivity index (χ0v) is 13.6. The van der Waals surface area contributed by atoms with Crippen LogP contribution in [0, 0.1) is 0 Å². The molecule has 1 aliphatic heterocycles. The topological polar surface area (TPSA) is 52.8 Å². The summed E-state index contributed by atoms with van der Waals surface area (Å²) in [7, 11) is 1.85. The summed E-state index contributed by atoms with van der Waals surface area (Å²) in [5.74, 6) is 1.03. The second kappa shape index (κ2) is 5.61. The molecule has 1 amide bonds. The van der Waals surface area contributed by atoms with Gasteiger partial charge >= 0.3 is 0 Å². The molecule has 0 fully saturated rings. The van der Waals surface area contributed by atoms with E-state index in [-0.39, 0.29) is 18.1 Å². The Balaban J connectivity index is 1.73. The molecule has 5 nitrogen and oxygen atoms in total. The maximum absolute atomic E-state index is 11.9. The molecule has 1 aliphatic rings. The highest BCUT2D eigenvalue weighted by atomic mass is 32.1. The second-order valence-corrected chi connectivity index (χ2v) is 6.75. The van der Waals surface area contributed by atoms with Crippen molar-refractivity contribution in [1.29, 1.82) is 0 Å². The molecule has 3 rings (SSSR count). The summed E-state index contributed by atoms with van der Waals surface area (Å²) >= 11 is 1.41. The van der Waals surface area contributed by atoms with Crippen LogP contribution >= 0.6 is 11.3 Å². The fourth-order valence-corrected chi connectivity index (χ4v) is 3.16. The fourth-order valence-electron chi connectivity index (χ4n) is 2.41. The third kappa shape index (κ3) is 3.06. The highest BCUT2D eigenvalue weighted by Gasteiger charge is 2.32. The molecule has 0 N–H and O–H groups in total. The van der Waals surface area contributed by atoms with Gasteiger partial charge in [-0.25, -0.2) is 0 Å². The number of aromatic nitrogens is 1. The van der Waals surface area contributed by atoms with Crippen LogP contribution in [-0.2, 0) is 18.3 Å². The van der Waals surface area contributed by atoms with Crippen molar-refractivity contribution in [2.45, 2.75) is 25.9 Å². The number of rotatable bonds is 3. The molecule has 0 bridgehead atoms. The Hall–Kier alpha value is -2.08. The summed E-state index contributed by atoms with van der Waals surface area (Å²) in [5, 5.41) is 1.88. The number of carbonyl (C=O) groups excluding carboxylic acids is 1. The molecular weight excluding hydrogens is 300 g/mol. The van der Waals surface area contributed by atoms with Crippen LogP contribution in [-0.4, -0.2) is 22.7 Å². The van der Waals surface area contributed by atoms with Gasteiger partial charge in [0, 0.05) is 30.6 Å². The van der Waals surface area contributed by atoms with Crippen molar-refractivity contribution in [2.24, 2.45) is 12.0 Å². The number of ether oxygens (including phenoxy) is 2. The van der Waals surface area contributed by atoms with Gasteiger partial charge in [0.1, 0.15) is 5.60 Å². The van der Waals surface area contributed by atoms with Crippen molar-refractivity contribution in [3.63, 3.8) is 0 Å². The number of carbonyl (C=O) groups is 1. The highest BCUT2D eigenvalue weighted by Crippen LogP contribution is 2.41. The molecule has 0 aliphatic carbocycles. The van der Waals surface area contributed by atoms with Gasteiger partial charge in [0.2, 0.25) is 0 Å². The normalized spacial score (nSPS) is 16.2. The lowest BCUT2D eigenvalue weighted by Gasteiger charge is -2.18. The molecule has 0 unspecified atom stereocenters. The molecule has 0 atom stereocenters. The molecule has 2 heterocycles. The summed E-state index contributed by atoms with van der Waals surface area (Å²) < 4.78 is 13.3. The first-order valence-electron chi connectivity index (χ1n) is 7.06. The molecule has 22 heavy (non-hydrogen) atoms. The van der Waals surface area contributed by atoms with E-state index in [2.05, 4.69) is 4.99 Å². The van der Waals surface area contributed by atoms with Crippen LogP contribution in [0.5, 0.6) is 11.5 Å². The average Bonchev–Trinajstić information content (AvgIpc) is 2.98. The predicted octanol–water partition coefficient (Wildman–Crippen LogP) is 2.31. The van der Waals surface area contributed by atoms with Gasteiger partial charge in [0.05, 0.1) is 0 Å². The Kier molecular flexibility index (Phi) is 3.78. The number of hydrogen-bond acceptors (Lipinski definition) is 4. The van der Waals surface area contributed by atoms with E-state index in [0.29, 0.717) is 10.6 Å².